The Balaban J connectivity index is 2.58. The molecule has 9 heteroatoms. The first kappa shape index (κ1) is 15.8. The van der Waals surface area contributed by atoms with Crippen LogP contribution < -0.4 is 21.7 Å². The van der Waals surface area contributed by atoms with Crippen LogP contribution in [-0.4, -0.2) is 17.6 Å². The van der Waals surface area contributed by atoms with Crippen LogP contribution in [0, 0.1) is 6.92 Å². The lowest BCUT2D eigenvalue weighted by molar-refractivity contribution is 0.600. The molecule has 0 atom stereocenters. The van der Waals surface area contributed by atoms with Crippen molar-refractivity contribution in [3.8, 4) is 0 Å². The Hall–Kier alpha value is -2.55. The lowest BCUT2D eigenvalue weighted by atomic mass is 10.2. The van der Waals surface area contributed by atoms with Crippen LogP contribution in [0.15, 0.2) is 38.8 Å². The third-order valence-corrected chi connectivity index (χ3v) is 4.64. The molecule has 2 rings (SSSR count). The van der Waals surface area contributed by atoms with Gasteiger partial charge in [-0.3, -0.25) is 18.7 Å². The number of rotatable bonds is 3. The SMILES string of the molecule is Cc1ccc(S(=O)(=O)Nc2c(N)n(C)c(=O)n(C)c2=O)cc1. The molecule has 0 fully saturated rings. The maximum absolute atomic E-state index is 12.3. The molecule has 1 heterocycles. The van der Waals surface area contributed by atoms with Crippen molar-refractivity contribution in [2.45, 2.75) is 11.8 Å². The van der Waals surface area contributed by atoms with Gasteiger partial charge in [0.1, 0.15) is 5.82 Å². The first-order valence-electron chi connectivity index (χ1n) is 6.30. The molecular formula is C13H16N4O4S. The molecule has 1 aromatic carbocycles. The van der Waals surface area contributed by atoms with Crippen molar-refractivity contribution in [2.24, 2.45) is 14.1 Å². The van der Waals surface area contributed by atoms with E-state index in [1.54, 1.807) is 12.1 Å². The Labute approximate surface area is 126 Å². The van der Waals surface area contributed by atoms with E-state index in [4.69, 9.17) is 5.73 Å². The molecule has 0 saturated heterocycles. The number of nitrogen functional groups attached to an aromatic ring is 1. The summed E-state index contributed by atoms with van der Waals surface area (Å²) < 4.78 is 28.6. The molecule has 0 aliphatic carbocycles. The molecule has 0 spiro atoms. The maximum atomic E-state index is 12.3. The summed E-state index contributed by atoms with van der Waals surface area (Å²) in [6, 6.07) is 6.11. The number of hydrogen-bond donors (Lipinski definition) is 2. The topological polar surface area (TPSA) is 116 Å². The highest BCUT2D eigenvalue weighted by molar-refractivity contribution is 7.92. The van der Waals surface area contributed by atoms with Crippen molar-refractivity contribution >= 4 is 21.5 Å². The average molecular weight is 324 g/mol. The highest BCUT2D eigenvalue weighted by Crippen LogP contribution is 2.17. The van der Waals surface area contributed by atoms with Crippen molar-refractivity contribution < 1.29 is 8.42 Å². The predicted octanol–water partition coefficient (Wildman–Crippen LogP) is -0.225. The van der Waals surface area contributed by atoms with Gasteiger partial charge in [-0.1, -0.05) is 17.7 Å². The minimum atomic E-state index is -3.98. The summed E-state index contributed by atoms with van der Waals surface area (Å²) in [6.07, 6.45) is 0. The number of sulfonamides is 1. The zero-order valence-corrected chi connectivity index (χ0v) is 13.1. The highest BCUT2D eigenvalue weighted by Gasteiger charge is 2.20. The zero-order chi connectivity index (χ0) is 16.7. The van der Waals surface area contributed by atoms with Gasteiger partial charge in [0.05, 0.1) is 4.90 Å². The number of aromatic nitrogens is 2. The molecule has 0 aliphatic rings. The molecule has 1 aromatic heterocycles. The van der Waals surface area contributed by atoms with Gasteiger partial charge in [0.25, 0.3) is 15.6 Å². The molecule has 22 heavy (non-hydrogen) atoms. The smallest absolute Gasteiger partial charge is 0.332 e. The van der Waals surface area contributed by atoms with Crippen molar-refractivity contribution in [3.63, 3.8) is 0 Å². The van der Waals surface area contributed by atoms with Gasteiger partial charge >= 0.3 is 5.69 Å². The molecular weight excluding hydrogens is 308 g/mol. The Morgan fingerprint density at radius 2 is 1.59 bits per heavy atom. The van der Waals surface area contributed by atoms with Crippen molar-refractivity contribution in [3.05, 3.63) is 50.7 Å². The van der Waals surface area contributed by atoms with Crippen LogP contribution in [0.25, 0.3) is 0 Å². The highest BCUT2D eigenvalue weighted by atomic mass is 32.2. The van der Waals surface area contributed by atoms with E-state index in [9.17, 15) is 18.0 Å². The van der Waals surface area contributed by atoms with Gasteiger partial charge in [-0.25, -0.2) is 13.2 Å². The number of aryl methyl sites for hydroxylation is 1. The summed E-state index contributed by atoms with van der Waals surface area (Å²) in [4.78, 5) is 23.8. The molecule has 8 nitrogen and oxygen atoms in total. The number of anilines is 2. The van der Waals surface area contributed by atoms with Crippen LogP contribution in [-0.2, 0) is 24.1 Å². The van der Waals surface area contributed by atoms with E-state index in [2.05, 4.69) is 4.72 Å². The fourth-order valence-corrected chi connectivity index (χ4v) is 2.94. The van der Waals surface area contributed by atoms with Gasteiger partial charge in [-0.15, -0.1) is 0 Å². The lowest BCUT2D eigenvalue weighted by Gasteiger charge is -2.13. The number of benzene rings is 1. The van der Waals surface area contributed by atoms with Crippen LogP contribution in [0.2, 0.25) is 0 Å². The maximum Gasteiger partial charge on any atom is 0.332 e. The second-order valence-corrected chi connectivity index (χ2v) is 6.57. The summed E-state index contributed by atoms with van der Waals surface area (Å²) in [7, 11) is -1.39. The first-order valence-corrected chi connectivity index (χ1v) is 7.78. The number of nitrogens with two attached hydrogens (primary N) is 1. The van der Waals surface area contributed by atoms with E-state index >= 15 is 0 Å². The van der Waals surface area contributed by atoms with E-state index in [1.165, 1.54) is 26.2 Å². The second kappa shape index (κ2) is 5.34. The summed E-state index contributed by atoms with van der Waals surface area (Å²) in [6.45, 7) is 1.82. The summed E-state index contributed by atoms with van der Waals surface area (Å²) >= 11 is 0. The Bertz CT molecular complexity index is 940. The lowest BCUT2D eigenvalue weighted by Crippen LogP contribution is -2.40. The van der Waals surface area contributed by atoms with E-state index < -0.39 is 21.3 Å². The molecule has 3 N–H and O–H groups in total. The Morgan fingerprint density at radius 3 is 2.14 bits per heavy atom. The molecule has 0 saturated carbocycles. The van der Waals surface area contributed by atoms with Gasteiger partial charge in [-0.2, -0.15) is 0 Å². The Kier molecular flexibility index (Phi) is 3.84. The molecule has 0 unspecified atom stereocenters. The molecule has 0 radical (unpaired) electrons. The number of hydrogen-bond acceptors (Lipinski definition) is 5. The zero-order valence-electron chi connectivity index (χ0n) is 12.3. The van der Waals surface area contributed by atoms with E-state index in [-0.39, 0.29) is 16.4 Å². The summed E-state index contributed by atoms with van der Waals surface area (Å²) in [5, 5.41) is 0. The number of nitrogens with one attached hydrogen (secondary N) is 1. The normalized spacial score (nSPS) is 11.4. The van der Waals surface area contributed by atoms with Crippen molar-refractivity contribution in [1.29, 1.82) is 0 Å². The molecule has 118 valence electrons. The van der Waals surface area contributed by atoms with Crippen LogP contribution in [0.4, 0.5) is 11.5 Å². The van der Waals surface area contributed by atoms with Gasteiger partial charge in [0.15, 0.2) is 5.69 Å². The standard InChI is InChI=1S/C13H16N4O4S/c1-8-4-6-9(7-5-8)22(20,21)15-10-11(14)16(2)13(19)17(3)12(10)18/h4-7,15H,14H2,1-3H3. The van der Waals surface area contributed by atoms with Crippen LogP contribution in [0.1, 0.15) is 5.56 Å². The quantitative estimate of drug-likeness (QED) is 0.809. The molecule has 0 bridgehead atoms. The van der Waals surface area contributed by atoms with Gasteiger partial charge in [0.2, 0.25) is 0 Å². The van der Waals surface area contributed by atoms with Gasteiger partial charge in [0, 0.05) is 14.1 Å². The molecule has 2 aromatic rings. The van der Waals surface area contributed by atoms with Gasteiger partial charge < -0.3 is 5.73 Å². The Morgan fingerprint density at radius 1 is 1.05 bits per heavy atom. The van der Waals surface area contributed by atoms with E-state index in [0.717, 1.165) is 14.7 Å². The predicted molar refractivity (Wildman–Crippen MR) is 83.3 cm³/mol. The van der Waals surface area contributed by atoms with Crippen molar-refractivity contribution in [1.82, 2.24) is 9.13 Å². The van der Waals surface area contributed by atoms with Crippen LogP contribution in [0.3, 0.4) is 0 Å². The molecule has 0 amide bonds. The fourth-order valence-electron chi connectivity index (χ4n) is 1.87. The van der Waals surface area contributed by atoms with Gasteiger partial charge in [-0.05, 0) is 19.1 Å². The minimum absolute atomic E-state index is 0.00611. The molecule has 0 aliphatic heterocycles. The monoisotopic (exact) mass is 324 g/mol. The average Bonchev–Trinajstić information content (AvgIpc) is 2.48. The summed E-state index contributed by atoms with van der Waals surface area (Å²) in [5.74, 6) is -0.246. The summed E-state index contributed by atoms with van der Waals surface area (Å²) in [5.41, 5.74) is 4.78. The van der Waals surface area contributed by atoms with E-state index in [0.29, 0.717) is 0 Å². The largest absolute Gasteiger partial charge is 0.383 e. The first-order chi connectivity index (χ1) is 10.1. The second-order valence-electron chi connectivity index (χ2n) is 4.88. The van der Waals surface area contributed by atoms with E-state index in [1.807, 2.05) is 6.92 Å². The number of nitrogens with zero attached hydrogens (tertiary/aromatic N) is 2. The fraction of sp³-hybridized carbons (Fsp3) is 0.231. The van der Waals surface area contributed by atoms with Crippen molar-refractivity contribution in [2.75, 3.05) is 10.5 Å². The third kappa shape index (κ3) is 2.62. The third-order valence-electron chi connectivity index (χ3n) is 3.28. The minimum Gasteiger partial charge on any atom is -0.383 e. The van der Waals surface area contributed by atoms with Crippen LogP contribution >= 0.6 is 0 Å². The van der Waals surface area contributed by atoms with Crippen LogP contribution in [0.5, 0.6) is 0 Å².